The third-order valence-corrected chi connectivity index (χ3v) is 2.11. The Balaban J connectivity index is 2.60. The SMILES string of the molecule is COc1ccc(F)c2c1C(N)CO2. The number of benzene rings is 1. The van der Waals surface area contributed by atoms with Crippen LogP contribution >= 0.6 is 0 Å². The van der Waals surface area contributed by atoms with Crippen molar-refractivity contribution in [3.8, 4) is 11.5 Å². The van der Waals surface area contributed by atoms with Gasteiger partial charge < -0.3 is 15.2 Å². The Hall–Kier alpha value is -1.29. The second kappa shape index (κ2) is 2.88. The molecule has 70 valence electrons. The minimum Gasteiger partial charge on any atom is -0.496 e. The fourth-order valence-corrected chi connectivity index (χ4v) is 1.49. The molecule has 1 aromatic rings. The molecule has 0 saturated carbocycles. The first-order chi connectivity index (χ1) is 6.24. The standard InChI is InChI=1S/C9H10FNO2/c1-12-7-3-2-5(10)9-8(7)6(11)4-13-9/h2-3,6H,4,11H2,1H3. The number of hydrogen-bond acceptors (Lipinski definition) is 3. The van der Waals surface area contributed by atoms with Crippen LogP contribution in [0.25, 0.3) is 0 Å². The fraction of sp³-hybridized carbons (Fsp3) is 0.333. The van der Waals surface area contributed by atoms with Gasteiger partial charge in [-0.15, -0.1) is 0 Å². The zero-order valence-corrected chi connectivity index (χ0v) is 7.21. The van der Waals surface area contributed by atoms with Crippen LogP contribution in [0.3, 0.4) is 0 Å². The van der Waals surface area contributed by atoms with Gasteiger partial charge in [-0.3, -0.25) is 0 Å². The maximum Gasteiger partial charge on any atom is 0.165 e. The summed E-state index contributed by atoms with van der Waals surface area (Å²) in [6.07, 6.45) is 0. The van der Waals surface area contributed by atoms with E-state index in [1.165, 1.54) is 13.2 Å². The number of fused-ring (bicyclic) bond motifs is 1. The van der Waals surface area contributed by atoms with Gasteiger partial charge in [-0.25, -0.2) is 4.39 Å². The minimum absolute atomic E-state index is 0.229. The lowest BCUT2D eigenvalue weighted by molar-refractivity contribution is 0.319. The Bertz CT molecular complexity index is 341. The largest absolute Gasteiger partial charge is 0.496 e. The first-order valence-corrected chi connectivity index (χ1v) is 3.99. The Morgan fingerprint density at radius 2 is 2.38 bits per heavy atom. The van der Waals surface area contributed by atoms with Crippen molar-refractivity contribution >= 4 is 0 Å². The molecule has 4 heteroatoms. The highest BCUT2D eigenvalue weighted by atomic mass is 19.1. The first kappa shape index (κ1) is 8.31. The highest BCUT2D eigenvalue weighted by molar-refractivity contribution is 5.50. The molecule has 3 nitrogen and oxygen atoms in total. The molecule has 13 heavy (non-hydrogen) atoms. The summed E-state index contributed by atoms with van der Waals surface area (Å²) in [6.45, 7) is 0.312. The van der Waals surface area contributed by atoms with E-state index in [0.717, 1.165) is 0 Å². The molecule has 1 atom stereocenters. The van der Waals surface area contributed by atoms with Gasteiger partial charge in [0.15, 0.2) is 11.6 Å². The minimum atomic E-state index is -0.385. The molecule has 1 aliphatic rings. The smallest absolute Gasteiger partial charge is 0.165 e. The van der Waals surface area contributed by atoms with Crippen LogP contribution in [-0.4, -0.2) is 13.7 Å². The predicted octanol–water partition coefficient (Wildman–Crippen LogP) is 1.23. The third-order valence-electron chi connectivity index (χ3n) is 2.11. The molecule has 2 N–H and O–H groups in total. The molecule has 1 unspecified atom stereocenters. The summed E-state index contributed by atoms with van der Waals surface area (Å²) < 4.78 is 23.3. The van der Waals surface area contributed by atoms with Crippen molar-refractivity contribution in [2.24, 2.45) is 5.73 Å². The molecule has 0 saturated heterocycles. The number of hydrogen-bond donors (Lipinski definition) is 1. The molecule has 0 amide bonds. The maximum absolute atomic E-state index is 13.1. The third kappa shape index (κ3) is 1.14. The zero-order chi connectivity index (χ0) is 9.42. The van der Waals surface area contributed by atoms with Crippen LogP contribution < -0.4 is 15.2 Å². The number of methoxy groups -OCH3 is 1. The lowest BCUT2D eigenvalue weighted by atomic mass is 10.1. The molecular weight excluding hydrogens is 173 g/mol. The van der Waals surface area contributed by atoms with Gasteiger partial charge in [0, 0.05) is 0 Å². The van der Waals surface area contributed by atoms with Crippen molar-refractivity contribution in [2.45, 2.75) is 6.04 Å². The summed E-state index contributed by atoms with van der Waals surface area (Å²) in [5.74, 6) is 0.428. The molecule has 0 aromatic heterocycles. The number of halogens is 1. The number of ether oxygens (including phenoxy) is 2. The quantitative estimate of drug-likeness (QED) is 0.712. The van der Waals surface area contributed by atoms with Gasteiger partial charge in [-0.2, -0.15) is 0 Å². The molecule has 0 fully saturated rings. The van der Waals surface area contributed by atoms with E-state index in [4.69, 9.17) is 15.2 Å². The van der Waals surface area contributed by atoms with Gasteiger partial charge >= 0.3 is 0 Å². The van der Waals surface area contributed by atoms with Crippen LogP contribution in [0.2, 0.25) is 0 Å². The van der Waals surface area contributed by atoms with Crippen molar-refractivity contribution in [1.82, 2.24) is 0 Å². The van der Waals surface area contributed by atoms with E-state index in [0.29, 0.717) is 17.9 Å². The molecule has 1 aliphatic heterocycles. The second-order valence-corrected chi connectivity index (χ2v) is 2.91. The van der Waals surface area contributed by atoms with Gasteiger partial charge in [0.05, 0.1) is 18.7 Å². The molecule has 0 spiro atoms. The van der Waals surface area contributed by atoms with Gasteiger partial charge in [0.2, 0.25) is 0 Å². The number of nitrogens with two attached hydrogens (primary N) is 1. The summed E-state index contributed by atoms with van der Waals surface area (Å²) >= 11 is 0. The molecule has 2 rings (SSSR count). The summed E-state index contributed by atoms with van der Waals surface area (Å²) in [5.41, 5.74) is 6.35. The van der Waals surface area contributed by atoms with Crippen LogP contribution in [-0.2, 0) is 0 Å². The fourth-order valence-electron chi connectivity index (χ4n) is 1.49. The Morgan fingerprint density at radius 1 is 1.62 bits per heavy atom. The van der Waals surface area contributed by atoms with Crippen molar-refractivity contribution in [3.05, 3.63) is 23.5 Å². The van der Waals surface area contributed by atoms with Crippen molar-refractivity contribution < 1.29 is 13.9 Å². The highest BCUT2D eigenvalue weighted by Gasteiger charge is 2.27. The van der Waals surface area contributed by atoms with E-state index in [2.05, 4.69) is 0 Å². The Kier molecular flexibility index (Phi) is 1.84. The average Bonchev–Trinajstić information content (AvgIpc) is 2.51. The van der Waals surface area contributed by atoms with E-state index in [-0.39, 0.29) is 17.6 Å². The molecule has 0 bridgehead atoms. The van der Waals surface area contributed by atoms with E-state index >= 15 is 0 Å². The topological polar surface area (TPSA) is 44.5 Å². The first-order valence-electron chi connectivity index (χ1n) is 3.99. The van der Waals surface area contributed by atoms with Crippen LogP contribution in [0.5, 0.6) is 11.5 Å². The Morgan fingerprint density at radius 3 is 3.08 bits per heavy atom. The molecule has 1 heterocycles. The second-order valence-electron chi connectivity index (χ2n) is 2.91. The zero-order valence-electron chi connectivity index (χ0n) is 7.21. The van der Waals surface area contributed by atoms with Crippen LogP contribution in [0.4, 0.5) is 4.39 Å². The Labute approximate surface area is 75.3 Å². The van der Waals surface area contributed by atoms with Gasteiger partial charge in [-0.05, 0) is 12.1 Å². The average molecular weight is 183 g/mol. The van der Waals surface area contributed by atoms with Crippen LogP contribution in [0, 0.1) is 5.82 Å². The lowest BCUT2D eigenvalue weighted by Crippen LogP contribution is -2.11. The van der Waals surface area contributed by atoms with Crippen molar-refractivity contribution in [2.75, 3.05) is 13.7 Å². The molecule has 1 aromatic carbocycles. The van der Waals surface area contributed by atoms with E-state index < -0.39 is 0 Å². The summed E-state index contributed by atoms with van der Waals surface area (Å²) in [7, 11) is 1.53. The molecule has 0 radical (unpaired) electrons. The van der Waals surface area contributed by atoms with Crippen LogP contribution in [0.1, 0.15) is 11.6 Å². The molecule has 0 aliphatic carbocycles. The lowest BCUT2D eigenvalue weighted by Gasteiger charge is -2.07. The summed E-state index contributed by atoms with van der Waals surface area (Å²) in [4.78, 5) is 0. The highest BCUT2D eigenvalue weighted by Crippen LogP contribution is 2.39. The van der Waals surface area contributed by atoms with Gasteiger partial charge in [0.25, 0.3) is 0 Å². The summed E-state index contributed by atoms with van der Waals surface area (Å²) in [6, 6.07) is 2.58. The van der Waals surface area contributed by atoms with Gasteiger partial charge in [0.1, 0.15) is 12.4 Å². The van der Waals surface area contributed by atoms with Gasteiger partial charge in [-0.1, -0.05) is 0 Å². The summed E-state index contributed by atoms with van der Waals surface area (Å²) in [5, 5.41) is 0. The van der Waals surface area contributed by atoms with E-state index in [9.17, 15) is 4.39 Å². The van der Waals surface area contributed by atoms with E-state index in [1.807, 2.05) is 0 Å². The van der Waals surface area contributed by atoms with E-state index in [1.54, 1.807) is 6.07 Å². The molecular formula is C9H10FNO2. The monoisotopic (exact) mass is 183 g/mol. The van der Waals surface area contributed by atoms with Crippen molar-refractivity contribution in [1.29, 1.82) is 0 Å². The predicted molar refractivity (Wildman–Crippen MR) is 45.4 cm³/mol. The maximum atomic E-state index is 13.1. The van der Waals surface area contributed by atoms with Crippen LogP contribution in [0.15, 0.2) is 12.1 Å². The normalized spacial score (nSPS) is 19.5. The number of rotatable bonds is 1. The van der Waals surface area contributed by atoms with Crippen molar-refractivity contribution in [3.63, 3.8) is 0 Å².